The SMILES string of the molecule is FCOC1(C(F)(F)F)CC1F. The van der Waals surface area contributed by atoms with E-state index in [2.05, 4.69) is 4.74 Å². The third kappa shape index (κ3) is 1.19. The van der Waals surface area contributed by atoms with Crippen LogP contribution < -0.4 is 0 Å². The van der Waals surface area contributed by atoms with E-state index in [1.165, 1.54) is 0 Å². The lowest BCUT2D eigenvalue weighted by Crippen LogP contribution is -2.36. The van der Waals surface area contributed by atoms with Crippen molar-refractivity contribution in [2.45, 2.75) is 24.4 Å². The van der Waals surface area contributed by atoms with E-state index >= 15 is 0 Å². The highest BCUT2D eigenvalue weighted by Gasteiger charge is 2.74. The van der Waals surface area contributed by atoms with Crippen molar-refractivity contribution < 1.29 is 26.7 Å². The van der Waals surface area contributed by atoms with E-state index in [1.54, 1.807) is 0 Å². The maximum absolute atomic E-state index is 12.1. The van der Waals surface area contributed by atoms with Gasteiger partial charge in [-0.2, -0.15) is 13.2 Å². The van der Waals surface area contributed by atoms with Crippen molar-refractivity contribution in [3.8, 4) is 0 Å². The lowest BCUT2D eigenvalue weighted by atomic mass is 10.3. The molecule has 0 aliphatic heterocycles. The first kappa shape index (κ1) is 8.70. The van der Waals surface area contributed by atoms with Crippen molar-refractivity contribution in [3.63, 3.8) is 0 Å². The molecule has 6 heteroatoms. The maximum Gasteiger partial charge on any atom is 0.420 e. The standard InChI is InChI=1S/C5H5F5O/c6-2-11-4(1-3(4)7)5(8,9)10/h3H,1-2H2. The zero-order chi connectivity index (χ0) is 8.70. The number of hydrogen-bond donors (Lipinski definition) is 0. The molecule has 0 bridgehead atoms. The lowest BCUT2D eigenvalue weighted by Gasteiger charge is -2.17. The van der Waals surface area contributed by atoms with Crippen LogP contribution in [0.4, 0.5) is 22.0 Å². The molecule has 0 heterocycles. The summed E-state index contributed by atoms with van der Waals surface area (Å²) in [6.45, 7) is -1.61. The van der Waals surface area contributed by atoms with Gasteiger partial charge in [-0.15, -0.1) is 0 Å². The van der Waals surface area contributed by atoms with E-state index in [9.17, 15) is 22.0 Å². The second-order valence-corrected chi connectivity index (χ2v) is 2.31. The van der Waals surface area contributed by atoms with Crippen molar-refractivity contribution in [2.75, 3.05) is 6.86 Å². The Bertz CT molecular complexity index is 155. The zero-order valence-corrected chi connectivity index (χ0v) is 5.29. The van der Waals surface area contributed by atoms with Crippen LogP contribution in [-0.4, -0.2) is 24.8 Å². The van der Waals surface area contributed by atoms with Gasteiger partial charge in [0.25, 0.3) is 0 Å². The van der Waals surface area contributed by atoms with Gasteiger partial charge in [0.15, 0.2) is 6.86 Å². The lowest BCUT2D eigenvalue weighted by molar-refractivity contribution is -0.250. The van der Waals surface area contributed by atoms with E-state index in [0.717, 1.165) is 0 Å². The fraction of sp³-hybridized carbons (Fsp3) is 1.00. The Balaban J connectivity index is 2.64. The van der Waals surface area contributed by atoms with Crippen LogP contribution in [0.25, 0.3) is 0 Å². The van der Waals surface area contributed by atoms with Gasteiger partial charge < -0.3 is 4.74 Å². The third-order valence-corrected chi connectivity index (χ3v) is 1.62. The van der Waals surface area contributed by atoms with Crippen LogP contribution in [0.15, 0.2) is 0 Å². The minimum Gasteiger partial charge on any atom is -0.331 e. The van der Waals surface area contributed by atoms with Crippen molar-refractivity contribution in [2.24, 2.45) is 0 Å². The highest BCUT2D eigenvalue weighted by molar-refractivity contribution is 5.11. The smallest absolute Gasteiger partial charge is 0.331 e. The van der Waals surface area contributed by atoms with Crippen molar-refractivity contribution in [1.82, 2.24) is 0 Å². The molecule has 2 atom stereocenters. The van der Waals surface area contributed by atoms with Gasteiger partial charge in [-0.25, -0.2) is 8.78 Å². The molecule has 66 valence electrons. The molecule has 1 nitrogen and oxygen atoms in total. The van der Waals surface area contributed by atoms with Gasteiger partial charge in [0.1, 0.15) is 6.17 Å². The third-order valence-electron chi connectivity index (χ3n) is 1.62. The predicted molar refractivity (Wildman–Crippen MR) is 25.4 cm³/mol. The molecular weight excluding hydrogens is 171 g/mol. The van der Waals surface area contributed by atoms with Gasteiger partial charge >= 0.3 is 6.18 Å². The summed E-state index contributed by atoms with van der Waals surface area (Å²) in [7, 11) is 0. The summed E-state index contributed by atoms with van der Waals surface area (Å²) in [5.41, 5.74) is -2.85. The molecule has 1 saturated carbocycles. The zero-order valence-electron chi connectivity index (χ0n) is 5.29. The highest BCUT2D eigenvalue weighted by Crippen LogP contribution is 2.54. The Morgan fingerprint density at radius 1 is 1.45 bits per heavy atom. The topological polar surface area (TPSA) is 9.23 Å². The quantitative estimate of drug-likeness (QED) is 0.584. The van der Waals surface area contributed by atoms with E-state index < -0.39 is 31.2 Å². The number of halogens is 5. The van der Waals surface area contributed by atoms with Gasteiger partial charge in [0.2, 0.25) is 5.60 Å². The van der Waals surface area contributed by atoms with E-state index in [-0.39, 0.29) is 0 Å². The van der Waals surface area contributed by atoms with Gasteiger partial charge in [0.05, 0.1) is 0 Å². The van der Waals surface area contributed by atoms with Crippen molar-refractivity contribution in [3.05, 3.63) is 0 Å². The average Bonchev–Trinajstić information content (AvgIpc) is 2.42. The highest BCUT2D eigenvalue weighted by atomic mass is 19.4. The summed E-state index contributed by atoms with van der Waals surface area (Å²) in [5.74, 6) is 0. The minimum absolute atomic E-state index is 0.791. The minimum atomic E-state index is -4.81. The van der Waals surface area contributed by atoms with Crippen LogP contribution in [0.5, 0.6) is 0 Å². The fourth-order valence-electron chi connectivity index (χ4n) is 0.829. The Morgan fingerprint density at radius 3 is 2.00 bits per heavy atom. The molecule has 0 radical (unpaired) electrons. The van der Waals surface area contributed by atoms with Crippen LogP contribution in [-0.2, 0) is 4.74 Å². The van der Waals surface area contributed by atoms with Gasteiger partial charge in [-0.05, 0) is 0 Å². The number of hydrogen-bond acceptors (Lipinski definition) is 1. The largest absolute Gasteiger partial charge is 0.420 e. The molecule has 11 heavy (non-hydrogen) atoms. The summed E-state index contributed by atoms with van der Waals surface area (Å²) < 4.78 is 62.5. The molecule has 1 aliphatic carbocycles. The van der Waals surface area contributed by atoms with Crippen LogP contribution in [0.1, 0.15) is 6.42 Å². The molecule has 0 aromatic carbocycles. The molecule has 0 aromatic heterocycles. The molecule has 0 aromatic rings. The second kappa shape index (κ2) is 2.30. The Morgan fingerprint density at radius 2 is 1.91 bits per heavy atom. The molecule has 2 unspecified atom stereocenters. The molecule has 0 spiro atoms. The van der Waals surface area contributed by atoms with Gasteiger partial charge in [-0.1, -0.05) is 0 Å². The molecule has 1 fully saturated rings. The summed E-state index contributed by atoms with van der Waals surface area (Å²) in [6.07, 6.45) is -7.71. The summed E-state index contributed by atoms with van der Waals surface area (Å²) in [6, 6.07) is 0. The van der Waals surface area contributed by atoms with E-state index in [1.807, 2.05) is 0 Å². The predicted octanol–water partition coefficient (Wildman–Crippen LogP) is 1.97. The molecule has 1 aliphatic rings. The first-order chi connectivity index (χ1) is 4.94. The first-order valence-electron chi connectivity index (χ1n) is 2.85. The normalized spacial score (nSPS) is 37.4. The van der Waals surface area contributed by atoms with Gasteiger partial charge in [-0.3, -0.25) is 0 Å². The van der Waals surface area contributed by atoms with E-state index in [4.69, 9.17) is 0 Å². The number of alkyl halides is 5. The summed E-state index contributed by atoms with van der Waals surface area (Å²) in [4.78, 5) is 0. The summed E-state index contributed by atoms with van der Waals surface area (Å²) >= 11 is 0. The van der Waals surface area contributed by atoms with E-state index in [0.29, 0.717) is 0 Å². The Labute approximate surface area is 59.1 Å². The van der Waals surface area contributed by atoms with Crippen LogP contribution in [0.2, 0.25) is 0 Å². The second-order valence-electron chi connectivity index (χ2n) is 2.31. The maximum atomic E-state index is 12.1. The monoisotopic (exact) mass is 176 g/mol. The summed E-state index contributed by atoms with van der Waals surface area (Å²) in [5, 5.41) is 0. The van der Waals surface area contributed by atoms with Crippen LogP contribution in [0.3, 0.4) is 0 Å². The average molecular weight is 176 g/mol. The van der Waals surface area contributed by atoms with Crippen molar-refractivity contribution >= 4 is 0 Å². The fourth-order valence-corrected chi connectivity index (χ4v) is 0.829. The molecule has 0 saturated heterocycles. The number of ether oxygens (including phenoxy) is 1. The Hall–Kier alpha value is -0.390. The molecular formula is C5H5F5O. The first-order valence-corrected chi connectivity index (χ1v) is 2.85. The Kier molecular flexibility index (Phi) is 1.82. The number of rotatable bonds is 2. The molecule has 0 N–H and O–H groups in total. The molecule has 1 rings (SSSR count). The molecule has 0 amide bonds. The van der Waals surface area contributed by atoms with Crippen LogP contribution >= 0.6 is 0 Å². The van der Waals surface area contributed by atoms with Gasteiger partial charge in [0, 0.05) is 6.42 Å². The van der Waals surface area contributed by atoms with Crippen molar-refractivity contribution in [1.29, 1.82) is 0 Å². The van der Waals surface area contributed by atoms with Crippen LogP contribution in [0, 0.1) is 0 Å².